The summed E-state index contributed by atoms with van der Waals surface area (Å²) in [5, 5.41) is 0. The maximum atomic E-state index is 11.8. The van der Waals surface area contributed by atoms with Crippen molar-refractivity contribution in [2.24, 2.45) is 0 Å². The molecule has 0 saturated carbocycles. The second-order valence-electron chi connectivity index (χ2n) is 3.42. The van der Waals surface area contributed by atoms with Crippen molar-refractivity contribution in [3.8, 4) is 0 Å². The second kappa shape index (κ2) is 4.23. The number of hydrogen-bond acceptors (Lipinski definition) is 3. The number of ether oxygens (including phenoxy) is 2. The first-order chi connectivity index (χ1) is 7.76. The highest BCUT2D eigenvalue weighted by Gasteiger charge is 2.67. The highest BCUT2D eigenvalue weighted by molar-refractivity contribution is 6.17. The minimum absolute atomic E-state index is 0.137. The van der Waals surface area contributed by atoms with Crippen molar-refractivity contribution in [3.63, 3.8) is 0 Å². The van der Waals surface area contributed by atoms with Crippen molar-refractivity contribution >= 4 is 11.6 Å². The molecule has 16 heavy (non-hydrogen) atoms. The molecule has 1 amide bonds. The molecule has 2 rings (SSSR count). The van der Waals surface area contributed by atoms with Crippen molar-refractivity contribution in [2.75, 3.05) is 18.1 Å². The number of carbonyl (C=O) groups excluding carboxylic acids is 1. The maximum absolute atomic E-state index is 11.8. The molecule has 1 aromatic rings. The van der Waals surface area contributed by atoms with Gasteiger partial charge in [-0.05, 0) is 26.0 Å². The van der Waals surface area contributed by atoms with Crippen LogP contribution >= 0.6 is 0 Å². The summed E-state index contributed by atoms with van der Waals surface area (Å²) in [6.45, 7) is 4.56. The minimum atomic E-state index is -1.18. The van der Waals surface area contributed by atoms with Crippen LogP contribution in [0.3, 0.4) is 0 Å². The van der Waals surface area contributed by atoms with Crippen LogP contribution in [0.25, 0.3) is 0 Å². The molecule has 0 unspecified atom stereocenters. The van der Waals surface area contributed by atoms with Gasteiger partial charge in [0.25, 0.3) is 0 Å². The van der Waals surface area contributed by atoms with E-state index in [0.29, 0.717) is 13.2 Å². The van der Waals surface area contributed by atoms with Gasteiger partial charge in [-0.25, -0.2) is 4.90 Å². The van der Waals surface area contributed by atoms with E-state index in [2.05, 4.69) is 0 Å². The monoisotopic (exact) mass is 221 g/mol. The molecular formula is C12H15NO3. The van der Waals surface area contributed by atoms with Crippen molar-refractivity contribution < 1.29 is 14.3 Å². The number of amides is 1. The quantitative estimate of drug-likeness (QED) is 0.561. The molecule has 1 fully saturated rings. The molecule has 1 heterocycles. The van der Waals surface area contributed by atoms with E-state index in [1.807, 2.05) is 44.2 Å². The Bertz CT molecular complexity index is 371. The Hall–Kier alpha value is -1.39. The average Bonchev–Trinajstić information content (AvgIpc) is 2.86. The van der Waals surface area contributed by atoms with Gasteiger partial charge in [-0.1, -0.05) is 18.2 Å². The molecule has 1 aliphatic rings. The SMILES string of the molecule is CCOC1(OCC)C(=O)N1c1ccccc1. The zero-order valence-corrected chi connectivity index (χ0v) is 9.47. The molecule has 0 atom stereocenters. The molecule has 1 saturated heterocycles. The molecule has 4 nitrogen and oxygen atoms in total. The molecule has 86 valence electrons. The van der Waals surface area contributed by atoms with Crippen LogP contribution < -0.4 is 4.90 Å². The van der Waals surface area contributed by atoms with Crippen LogP contribution in [0.5, 0.6) is 0 Å². The van der Waals surface area contributed by atoms with Gasteiger partial charge in [0.15, 0.2) is 0 Å². The molecular weight excluding hydrogens is 206 g/mol. The fraction of sp³-hybridized carbons (Fsp3) is 0.417. The lowest BCUT2D eigenvalue weighted by Crippen LogP contribution is -2.27. The van der Waals surface area contributed by atoms with E-state index in [4.69, 9.17) is 9.47 Å². The molecule has 0 aliphatic carbocycles. The zero-order valence-electron chi connectivity index (χ0n) is 9.47. The van der Waals surface area contributed by atoms with E-state index in [1.54, 1.807) is 0 Å². The summed E-state index contributed by atoms with van der Waals surface area (Å²) >= 11 is 0. The standard InChI is InChI=1S/C12H15NO3/c1-3-15-12(16-4-2)11(14)13(12)10-8-6-5-7-9-10/h5-9H,3-4H2,1-2H3. The van der Waals surface area contributed by atoms with E-state index in [0.717, 1.165) is 5.69 Å². The lowest BCUT2D eigenvalue weighted by molar-refractivity contribution is -0.169. The lowest BCUT2D eigenvalue weighted by Gasteiger charge is -2.14. The van der Waals surface area contributed by atoms with Crippen molar-refractivity contribution in [3.05, 3.63) is 30.3 Å². The molecule has 0 radical (unpaired) electrons. The Morgan fingerprint density at radius 2 is 1.69 bits per heavy atom. The summed E-state index contributed by atoms with van der Waals surface area (Å²) in [5.74, 6) is -1.31. The molecule has 0 bridgehead atoms. The van der Waals surface area contributed by atoms with E-state index >= 15 is 0 Å². The number of hydrogen-bond donors (Lipinski definition) is 0. The number of nitrogens with zero attached hydrogens (tertiary/aromatic N) is 1. The average molecular weight is 221 g/mol. The molecule has 1 aromatic carbocycles. The Kier molecular flexibility index (Phi) is 2.94. The third-order valence-electron chi connectivity index (χ3n) is 2.41. The van der Waals surface area contributed by atoms with Crippen LogP contribution in [-0.4, -0.2) is 25.0 Å². The topological polar surface area (TPSA) is 38.5 Å². The first kappa shape index (κ1) is 11.1. The van der Waals surface area contributed by atoms with E-state index in [-0.39, 0.29) is 5.91 Å². The first-order valence-electron chi connectivity index (χ1n) is 5.44. The van der Waals surface area contributed by atoms with Crippen molar-refractivity contribution in [2.45, 2.75) is 19.8 Å². The van der Waals surface area contributed by atoms with Gasteiger partial charge in [0.05, 0.1) is 0 Å². The number of para-hydroxylation sites is 1. The normalized spacial score (nSPS) is 17.6. The van der Waals surface area contributed by atoms with Crippen LogP contribution in [0.2, 0.25) is 0 Å². The fourth-order valence-corrected chi connectivity index (χ4v) is 1.75. The summed E-state index contributed by atoms with van der Waals surface area (Å²) in [6, 6.07) is 9.38. The van der Waals surface area contributed by atoms with Crippen molar-refractivity contribution in [1.29, 1.82) is 0 Å². The van der Waals surface area contributed by atoms with Crippen LogP contribution in [0.4, 0.5) is 5.69 Å². The minimum Gasteiger partial charge on any atom is -0.325 e. The van der Waals surface area contributed by atoms with Gasteiger partial charge < -0.3 is 9.47 Å². The summed E-state index contributed by atoms with van der Waals surface area (Å²) in [4.78, 5) is 13.3. The third-order valence-corrected chi connectivity index (χ3v) is 2.41. The van der Waals surface area contributed by atoms with Crippen molar-refractivity contribution in [1.82, 2.24) is 0 Å². The third kappa shape index (κ3) is 1.60. The Morgan fingerprint density at radius 1 is 1.12 bits per heavy atom. The molecule has 1 aliphatic heterocycles. The summed E-state index contributed by atoms with van der Waals surface area (Å²) in [6.07, 6.45) is 0. The first-order valence-corrected chi connectivity index (χ1v) is 5.44. The highest BCUT2D eigenvalue weighted by Crippen LogP contribution is 2.41. The summed E-state index contributed by atoms with van der Waals surface area (Å²) < 4.78 is 10.8. The predicted molar refractivity (Wildman–Crippen MR) is 59.9 cm³/mol. The summed E-state index contributed by atoms with van der Waals surface area (Å²) in [7, 11) is 0. The van der Waals surface area contributed by atoms with Crippen LogP contribution in [0.1, 0.15) is 13.8 Å². The fourth-order valence-electron chi connectivity index (χ4n) is 1.75. The van der Waals surface area contributed by atoms with Gasteiger partial charge in [0, 0.05) is 18.9 Å². The summed E-state index contributed by atoms with van der Waals surface area (Å²) in [5.41, 5.74) is 0.800. The predicted octanol–water partition coefficient (Wildman–Crippen LogP) is 1.76. The molecule has 0 spiro atoms. The van der Waals surface area contributed by atoms with Crippen LogP contribution in [0.15, 0.2) is 30.3 Å². The molecule has 0 aromatic heterocycles. The van der Waals surface area contributed by atoms with E-state index in [9.17, 15) is 4.79 Å². The van der Waals surface area contributed by atoms with Gasteiger partial charge in [-0.2, -0.15) is 0 Å². The van der Waals surface area contributed by atoms with E-state index in [1.165, 1.54) is 4.90 Å². The number of rotatable bonds is 5. The second-order valence-corrected chi connectivity index (χ2v) is 3.42. The number of carbonyl (C=O) groups is 1. The Morgan fingerprint density at radius 3 is 2.19 bits per heavy atom. The lowest BCUT2D eigenvalue weighted by atomic mass is 10.3. The Balaban J connectivity index is 2.22. The zero-order chi connectivity index (χ0) is 11.6. The smallest absolute Gasteiger partial charge is 0.325 e. The molecule has 0 N–H and O–H groups in total. The van der Waals surface area contributed by atoms with Crippen LogP contribution in [-0.2, 0) is 14.3 Å². The Labute approximate surface area is 94.8 Å². The van der Waals surface area contributed by atoms with Gasteiger partial charge in [-0.3, -0.25) is 4.79 Å². The van der Waals surface area contributed by atoms with E-state index < -0.39 is 5.91 Å². The highest BCUT2D eigenvalue weighted by atomic mass is 16.7. The number of anilines is 1. The maximum Gasteiger partial charge on any atom is 0.343 e. The number of benzene rings is 1. The van der Waals surface area contributed by atoms with Gasteiger partial charge in [-0.15, -0.1) is 0 Å². The van der Waals surface area contributed by atoms with Gasteiger partial charge in [0.2, 0.25) is 0 Å². The van der Waals surface area contributed by atoms with Gasteiger partial charge in [0.1, 0.15) is 0 Å². The largest absolute Gasteiger partial charge is 0.343 e. The molecule has 4 heteroatoms. The van der Waals surface area contributed by atoms with Crippen LogP contribution in [0, 0.1) is 0 Å². The van der Waals surface area contributed by atoms with Gasteiger partial charge >= 0.3 is 11.8 Å².